The summed E-state index contributed by atoms with van der Waals surface area (Å²) in [5.74, 6) is 1.16. The Bertz CT molecular complexity index is 1090. The number of H-pyrrole nitrogens is 1. The van der Waals surface area contributed by atoms with Gasteiger partial charge in [0, 0.05) is 35.3 Å². The van der Waals surface area contributed by atoms with E-state index in [1.54, 1.807) is 13.3 Å². The minimum atomic E-state index is -0.220. The van der Waals surface area contributed by atoms with Crippen molar-refractivity contribution in [2.24, 2.45) is 0 Å². The number of methoxy groups -OCH3 is 1. The molecule has 0 fully saturated rings. The van der Waals surface area contributed by atoms with Gasteiger partial charge in [-0.25, -0.2) is 4.98 Å². The van der Waals surface area contributed by atoms with Gasteiger partial charge in [-0.15, -0.1) is 11.8 Å². The Balaban J connectivity index is 1.88. The monoisotopic (exact) mass is 477 g/mol. The van der Waals surface area contributed by atoms with Crippen molar-refractivity contribution in [3.05, 3.63) is 50.2 Å². The maximum atomic E-state index is 13.1. The Morgan fingerprint density at radius 3 is 2.83 bits per heavy atom. The summed E-state index contributed by atoms with van der Waals surface area (Å²) in [7, 11) is 1.66. The molecule has 0 atom stereocenters. The molecule has 2 heterocycles. The highest BCUT2D eigenvalue weighted by Crippen LogP contribution is 2.24. The number of hydrogen-bond acceptors (Lipinski definition) is 6. The molecule has 1 aliphatic carbocycles. The molecule has 0 saturated carbocycles. The van der Waals surface area contributed by atoms with Crippen LogP contribution in [0.15, 0.2) is 28.2 Å². The van der Waals surface area contributed by atoms with Crippen molar-refractivity contribution in [1.29, 1.82) is 0 Å². The molecule has 0 radical (unpaired) electrons. The quantitative estimate of drug-likeness (QED) is 0.345. The lowest BCUT2D eigenvalue weighted by Gasteiger charge is -2.13. The molecule has 0 amide bonds. The first-order valence-corrected chi connectivity index (χ1v) is 11.2. The van der Waals surface area contributed by atoms with E-state index < -0.39 is 0 Å². The van der Waals surface area contributed by atoms with Gasteiger partial charge in [0.15, 0.2) is 5.78 Å². The molecule has 0 bridgehead atoms. The molecule has 0 aliphatic heterocycles. The highest BCUT2D eigenvalue weighted by atomic mass is 79.9. The van der Waals surface area contributed by atoms with Gasteiger partial charge in [-0.1, -0.05) is 27.6 Å². The summed E-state index contributed by atoms with van der Waals surface area (Å²) in [6.45, 7) is 4.71. The van der Waals surface area contributed by atoms with Crippen LogP contribution in [0, 0.1) is 0 Å². The van der Waals surface area contributed by atoms with E-state index in [-0.39, 0.29) is 16.8 Å². The molecular formula is C21H24BrN3O3S. The zero-order valence-electron chi connectivity index (χ0n) is 16.7. The SMILES string of the molecule is COCCNc1ccc(CSc2[nH]c3c(c(=O)c2C(C)=O)=C(C)CCC=3Br)cn1. The van der Waals surface area contributed by atoms with Gasteiger partial charge in [-0.3, -0.25) is 9.59 Å². The molecular weight excluding hydrogens is 454 g/mol. The number of aromatic amines is 1. The Labute approximate surface area is 182 Å². The Kier molecular flexibility index (Phi) is 7.32. The average Bonchev–Trinajstić information content (AvgIpc) is 2.70. The predicted octanol–water partition coefficient (Wildman–Crippen LogP) is 2.79. The van der Waals surface area contributed by atoms with Gasteiger partial charge in [0.05, 0.1) is 22.5 Å². The number of nitrogens with zero attached hydrogens (tertiary/aromatic N) is 1. The standard InChI is InChI=1S/C21H24BrN3O3S/c1-12-4-6-15(22)19-17(12)20(27)18(13(2)26)21(25-19)29-11-14-5-7-16(24-10-14)23-8-9-28-3/h5,7,10,25H,4,6,8-9,11H2,1-3H3,(H,23,24). The average molecular weight is 478 g/mol. The van der Waals surface area contributed by atoms with E-state index in [0.717, 1.165) is 39.6 Å². The number of fused-ring (bicyclic) bond motifs is 1. The Morgan fingerprint density at radius 2 is 2.17 bits per heavy atom. The lowest BCUT2D eigenvalue weighted by Crippen LogP contribution is -2.47. The minimum Gasteiger partial charge on any atom is -0.383 e. The topological polar surface area (TPSA) is 84.1 Å². The molecule has 2 aromatic rings. The van der Waals surface area contributed by atoms with Crippen molar-refractivity contribution in [3.63, 3.8) is 0 Å². The van der Waals surface area contributed by atoms with Crippen LogP contribution in [0.25, 0.3) is 10.1 Å². The molecule has 2 aromatic heterocycles. The van der Waals surface area contributed by atoms with Crippen molar-refractivity contribution in [2.75, 3.05) is 25.6 Å². The van der Waals surface area contributed by atoms with E-state index in [4.69, 9.17) is 4.74 Å². The van der Waals surface area contributed by atoms with Gasteiger partial charge in [-0.05, 0) is 38.3 Å². The Morgan fingerprint density at radius 1 is 1.38 bits per heavy atom. The van der Waals surface area contributed by atoms with Gasteiger partial charge in [0.1, 0.15) is 5.82 Å². The lowest BCUT2D eigenvalue weighted by molar-refractivity contribution is 0.101. The Hall–Kier alpha value is -1.90. The molecule has 29 heavy (non-hydrogen) atoms. The molecule has 0 saturated heterocycles. The molecule has 154 valence electrons. The molecule has 2 N–H and O–H groups in total. The summed E-state index contributed by atoms with van der Waals surface area (Å²) in [5.41, 5.74) is 2.08. The van der Waals surface area contributed by atoms with Crippen LogP contribution >= 0.6 is 27.7 Å². The number of carbonyl (C=O) groups excluding carboxylic acids is 1. The third-order valence-corrected chi connectivity index (χ3v) is 6.63. The summed E-state index contributed by atoms with van der Waals surface area (Å²) in [5, 5.41) is 5.21. The maximum Gasteiger partial charge on any atom is 0.201 e. The van der Waals surface area contributed by atoms with Gasteiger partial charge in [-0.2, -0.15) is 0 Å². The fraction of sp³-hybridized carbons (Fsp3) is 0.381. The minimum absolute atomic E-state index is 0.182. The number of nitrogens with one attached hydrogen (secondary N) is 2. The molecule has 1 aliphatic rings. The summed E-state index contributed by atoms with van der Waals surface area (Å²) >= 11 is 5.03. The number of ketones is 1. The molecule has 8 heteroatoms. The number of Topliss-reactive ketones (excluding diaryl/α,β-unsaturated/α-hetero) is 1. The number of hydrogen-bond donors (Lipinski definition) is 2. The number of halogens is 1. The largest absolute Gasteiger partial charge is 0.383 e. The van der Waals surface area contributed by atoms with Crippen molar-refractivity contribution in [3.8, 4) is 0 Å². The lowest BCUT2D eigenvalue weighted by atomic mass is 10.0. The molecule has 0 aromatic carbocycles. The van der Waals surface area contributed by atoms with Gasteiger partial charge >= 0.3 is 0 Å². The highest BCUT2D eigenvalue weighted by Gasteiger charge is 2.19. The second-order valence-corrected chi connectivity index (χ2v) is 8.85. The molecule has 3 rings (SSSR count). The van der Waals surface area contributed by atoms with Gasteiger partial charge < -0.3 is 15.0 Å². The van der Waals surface area contributed by atoms with Crippen molar-refractivity contribution >= 4 is 49.3 Å². The fourth-order valence-corrected chi connectivity index (χ4v) is 4.75. The number of anilines is 1. The molecule has 6 nitrogen and oxygen atoms in total. The van der Waals surface area contributed by atoms with E-state index >= 15 is 0 Å². The van der Waals surface area contributed by atoms with Crippen LogP contribution in [0.1, 0.15) is 42.6 Å². The van der Waals surface area contributed by atoms with Crippen molar-refractivity contribution < 1.29 is 9.53 Å². The second-order valence-electron chi connectivity index (χ2n) is 6.91. The highest BCUT2D eigenvalue weighted by molar-refractivity contribution is 9.14. The number of ether oxygens (including phenoxy) is 1. The maximum absolute atomic E-state index is 13.1. The zero-order chi connectivity index (χ0) is 21.0. The van der Waals surface area contributed by atoms with E-state index in [0.29, 0.717) is 29.1 Å². The summed E-state index contributed by atoms with van der Waals surface area (Å²) in [6.07, 6.45) is 3.46. The van der Waals surface area contributed by atoms with E-state index in [1.165, 1.54) is 18.7 Å². The number of aromatic nitrogens is 2. The van der Waals surface area contributed by atoms with Crippen molar-refractivity contribution in [1.82, 2.24) is 9.97 Å². The van der Waals surface area contributed by atoms with Crippen molar-refractivity contribution in [2.45, 2.75) is 37.5 Å². The third-order valence-electron chi connectivity index (χ3n) is 4.76. The number of pyridine rings is 2. The number of rotatable bonds is 8. The molecule has 0 spiro atoms. The van der Waals surface area contributed by atoms with Crippen LogP contribution in [-0.2, 0) is 10.5 Å². The summed E-state index contributed by atoms with van der Waals surface area (Å²) in [6, 6.07) is 3.90. The van der Waals surface area contributed by atoms with Crippen LogP contribution in [-0.4, -0.2) is 36.0 Å². The fourth-order valence-electron chi connectivity index (χ4n) is 3.22. The second kappa shape index (κ2) is 9.73. The van der Waals surface area contributed by atoms with Gasteiger partial charge in [0.25, 0.3) is 0 Å². The predicted molar refractivity (Wildman–Crippen MR) is 121 cm³/mol. The van der Waals surface area contributed by atoms with Crippen LogP contribution in [0.4, 0.5) is 5.82 Å². The van der Waals surface area contributed by atoms with Crippen LogP contribution in [0.5, 0.6) is 0 Å². The third kappa shape index (κ3) is 4.99. The normalized spacial score (nSPS) is 13.4. The van der Waals surface area contributed by atoms with Crippen LogP contribution in [0.3, 0.4) is 0 Å². The molecule has 0 unspecified atom stereocenters. The van der Waals surface area contributed by atoms with E-state index in [1.807, 2.05) is 19.1 Å². The summed E-state index contributed by atoms with van der Waals surface area (Å²) < 4.78 is 5.98. The van der Waals surface area contributed by atoms with E-state index in [2.05, 4.69) is 31.2 Å². The van der Waals surface area contributed by atoms with Crippen LogP contribution < -0.4 is 21.3 Å². The zero-order valence-corrected chi connectivity index (χ0v) is 19.1. The van der Waals surface area contributed by atoms with Crippen LogP contribution in [0.2, 0.25) is 0 Å². The first-order valence-electron chi connectivity index (χ1n) is 9.38. The number of thioether (sulfide) groups is 1. The smallest absolute Gasteiger partial charge is 0.201 e. The number of carbonyl (C=O) groups is 1. The first kappa shape index (κ1) is 21.8. The van der Waals surface area contributed by atoms with Gasteiger partial charge in [0.2, 0.25) is 5.43 Å². The first-order chi connectivity index (χ1) is 13.9. The van der Waals surface area contributed by atoms with E-state index in [9.17, 15) is 9.59 Å². The summed E-state index contributed by atoms with van der Waals surface area (Å²) in [4.78, 5) is 33.1.